The maximum absolute atomic E-state index is 13.5. The van der Waals surface area contributed by atoms with Crippen molar-refractivity contribution in [3.05, 3.63) is 36.3 Å². The lowest BCUT2D eigenvalue weighted by Gasteiger charge is -2.39. The van der Waals surface area contributed by atoms with E-state index in [1.54, 1.807) is 12.1 Å². The van der Waals surface area contributed by atoms with Crippen molar-refractivity contribution in [3.63, 3.8) is 0 Å². The molecule has 2 aliphatic heterocycles. The van der Waals surface area contributed by atoms with Gasteiger partial charge in [0.2, 0.25) is 0 Å². The molecule has 0 N–H and O–H groups in total. The van der Waals surface area contributed by atoms with E-state index < -0.39 is 11.9 Å². The van der Waals surface area contributed by atoms with Crippen LogP contribution < -0.4 is 4.90 Å². The van der Waals surface area contributed by atoms with Crippen LogP contribution in [-0.4, -0.2) is 52.1 Å². The minimum absolute atomic E-state index is 0.0918. The highest BCUT2D eigenvalue weighted by Gasteiger charge is 2.35. The Morgan fingerprint density at radius 2 is 1.62 bits per heavy atom. The number of likely N-dealkylation sites (tertiary alicyclic amines) is 1. The molecule has 0 aromatic carbocycles. The molecule has 0 amide bonds. The van der Waals surface area contributed by atoms with E-state index in [0.717, 1.165) is 32.0 Å². The fourth-order valence-electron chi connectivity index (χ4n) is 4.29. The minimum atomic E-state index is -4.51. The molecule has 0 aliphatic carbocycles. The topological polar surface area (TPSA) is 45.2 Å². The Morgan fingerprint density at radius 3 is 2.31 bits per heavy atom. The number of rotatable bonds is 3. The zero-order valence-corrected chi connectivity index (χ0v) is 16.4. The molecule has 0 radical (unpaired) electrons. The number of aromatic nitrogens is 3. The van der Waals surface area contributed by atoms with Crippen LogP contribution in [0.3, 0.4) is 0 Å². The van der Waals surface area contributed by atoms with Crippen LogP contribution >= 0.6 is 0 Å². The van der Waals surface area contributed by atoms with Crippen molar-refractivity contribution in [2.45, 2.75) is 50.7 Å². The number of halogens is 3. The number of hydrogen-bond donors (Lipinski definition) is 0. The highest BCUT2D eigenvalue weighted by atomic mass is 19.4. The molecule has 0 spiro atoms. The first-order valence-corrected chi connectivity index (χ1v) is 10.4. The zero-order valence-electron chi connectivity index (χ0n) is 16.4. The molecule has 0 saturated carbocycles. The Bertz CT molecular complexity index is 804. The van der Waals surface area contributed by atoms with Crippen LogP contribution in [0.25, 0.3) is 11.4 Å². The van der Waals surface area contributed by atoms with Gasteiger partial charge in [0.1, 0.15) is 5.82 Å². The van der Waals surface area contributed by atoms with Crippen molar-refractivity contribution < 1.29 is 13.2 Å². The first-order valence-electron chi connectivity index (χ1n) is 10.4. The van der Waals surface area contributed by atoms with E-state index in [9.17, 15) is 13.2 Å². The fourth-order valence-corrected chi connectivity index (χ4v) is 4.29. The van der Waals surface area contributed by atoms with E-state index in [0.29, 0.717) is 30.5 Å². The molecule has 0 bridgehead atoms. The van der Waals surface area contributed by atoms with Crippen molar-refractivity contribution in [2.24, 2.45) is 0 Å². The molecule has 1 atom stereocenters. The third-order valence-electron chi connectivity index (χ3n) is 5.82. The average Bonchev–Trinajstić information content (AvgIpc) is 3.03. The normalized spacial score (nSPS) is 21.8. The van der Waals surface area contributed by atoms with E-state index in [2.05, 4.69) is 19.9 Å². The smallest absolute Gasteiger partial charge is 0.355 e. The Labute approximate surface area is 169 Å². The van der Waals surface area contributed by atoms with Gasteiger partial charge in [0.05, 0.1) is 0 Å². The Morgan fingerprint density at radius 1 is 0.897 bits per heavy atom. The third kappa shape index (κ3) is 4.86. The van der Waals surface area contributed by atoms with Gasteiger partial charge in [-0.2, -0.15) is 13.2 Å². The molecule has 156 valence electrons. The second-order valence-electron chi connectivity index (χ2n) is 7.86. The summed E-state index contributed by atoms with van der Waals surface area (Å²) in [6, 6.07) is 4.73. The molecule has 2 fully saturated rings. The molecular formula is C21H26F3N5. The van der Waals surface area contributed by atoms with Crippen LogP contribution in [0, 0.1) is 0 Å². The molecule has 29 heavy (non-hydrogen) atoms. The van der Waals surface area contributed by atoms with Crippen LogP contribution in [0.2, 0.25) is 0 Å². The van der Waals surface area contributed by atoms with Crippen molar-refractivity contribution in [2.75, 3.05) is 31.1 Å². The second-order valence-corrected chi connectivity index (χ2v) is 7.86. The Balaban J connectivity index is 1.62. The molecule has 4 rings (SSSR count). The van der Waals surface area contributed by atoms with E-state index in [-0.39, 0.29) is 5.82 Å². The average molecular weight is 405 g/mol. The SMILES string of the molecule is FC(F)(F)c1cc(N2CCCC(N3CCCCCC3)C2)nc(-c2ccncc2)n1. The number of nitrogens with zero attached hydrogens (tertiary/aromatic N) is 5. The van der Waals surface area contributed by atoms with Gasteiger partial charge in [-0.15, -0.1) is 0 Å². The quantitative estimate of drug-likeness (QED) is 0.757. The van der Waals surface area contributed by atoms with E-state index in [4.69, 9.17) is 0 Å². The summed E-state index contributed by atoms with van der Waals surface area (Å²) in [5, 5.41) is 0. The van der Waals surface area contributed by atoms with E-state index >= 15 is 0 Å². The number of alkyl halides is 3. The Kier molecular flexibility index (Phi) is 5.99. The molecule has 5 nitrogen and oxygen atoms in total. The first-order chi connectivity index (χ1) is 14.0. The van der Waals surface area contributed by atoms with Gasteiger partial charge in [0.25, 0.3) is 0 Å². The summed E-state index contributed by atoms with van der Waals surface area (Å²) in [6.45, 7) is 3.59. The van der Waals surface area contributed by atoms with Crippen molar-refractivity contribution in [1.29, 1.82) is 0 Å². The van der Waals surface area contributed by atoms with Crippen molar-refractivity contribution in [3.8, 4) is 11.4 Å². The third-order valence-corrected chi connectivity index (χ3v) is 5.82. The Hall–Kier alpha value is -2.22. The summed E-state index contributed by atoms with van der Waals surface area (Å²) >= 11 is 0. The monoisotopic (exact) mass is 405 g/mol. The lowest BCUT2D eigenvalue weighted by molar-refractivity contribution is -0.141. The summed E-state index contributed by atoms with van der Waals surface area (Å²) in [7, 11) is 0. The van der Waals surface area contributed by atoms with Gasteiger partial charge >= 0.3 is 6.18 Å². The van der Waals surface area contributed by atoms with Gasteiger partial charge in [-0.1, -0.05) is 12.8 Å². The molecule has 8 heteroatoms. The highest BCUT2D eigenvalue weighted by molar-refractivity contribution is 5.57. The summed E-state index contributed by atoms with van der Waals surface area (Å²) in [5.74, 6) is 0.452. The van der Waals surface area contributed by atoms with Gasteiger partial charge in [-0.05, 0) is 50.9 Å². The molecule has 2 aromatic rings. The van der Waals surface area contributed by atoms with E-state index in [1.165, 1.54) is 38.1 Å². The molecule has 2 saturated heterocycles. The van der Waals surface area contributed by atoms with Crippen LogP contribution in [0.1, 0.15) is 44.2 Å². The van der Waals surface area contributed by atoms with E-state index in [1.807, 2.05) is 4.90 Å². The van der Waals surface area contributed by atoms with Gasteiger partial charge < -0.3 is 4.90 Å². The predicted molar refractivity (Wildman–Crippen MR) is 106 cm³/mol. The lowest BCUT2D eigenvalue weighted by Crippen LogP contribution is -2.48. The summed E-state index contributed by atoms with van der Waals surface area (Å²) in [5.41, 5.74) is -0.361. The molecule has 2 aromatic heterocycles. The molecule has 2 aliphatic rings. The number of hydrogen-bond acceptors (Lipinski definition) is 5. The largest absolute Gasteiger partial charge is 0.433 e. The van der Waals surface area contributed by atoms with Crippen LogP contribution in [0.4, 0.5) is 19.0 Å². The molecular weight excluding hydrogens is 379 g/mol. The maximum atomic E-state index is 13.5. The molecule has 1 unspecified atom stereocenters. The zero-order chi connectivity index (χ0) is 20.3. The number of piperidine rings is 1. The summed E-state index contributed by atoms with van der Waals surface area (Å²) < 4.78 is 40.5. The second kappa shape index (κ2) is 8.65. The lowest BCUT2D eigenvalue weighted by atomic mass is 10.0. The fraction of sp³-hybridized carbons (Fsp3) is 0.571. The predicted octanol–water partition coefficient (Wildman–Crippen LogP) is 4.40. The maximum Gasteiger partial charge on any atom is 0.433 e. The number of anilines is 1. The highest BCUT2D eigenvalue weighted by Crippen LogP contribution is 2.32. The van der Waals surface area contributed by atoms with Gasteiger partial charge in [0.15, 0.2) is 11.5 Å². The van der Waals surface area contributed by atoms with Gasteiger partial charge in [-0.3, -0.25) is 9.88 Å². The number of pyridine rings is 1. The van der Waals surface area contributed by atoms with Crippen molar-refractivity contribution >= 4 is 5.82 Å². The first kappa shape index (κ1) is 20.1. The van der Waals surface area contributed by atoms with Gasteiger partial charge in [0, 0.05) is 43.2 Å². The van der Waals surface area contributed by atoms with Crippen LogP contribution in [0.5, 0.6) is 0 Å². The summed E-state index contributed by atoms with van der Waals surface area (Å²) in [6.07, 6.45) is 5.54. The van der Waals surface area contributed by atoms with Crippen LogP contribution in [-0.2, 0) is 6.18 Å². The van der Waals surface area contributed by atoms with Gasteiger partial charge in [-0.25, -0.2) is 9.97 Å². The molecule has 4 heterocycles. The minimum Gasteiger partial charge on any atom is -0.355 e. The van der Waals surface area contributed by atoms with Crippen molar-refractivity contribution in [1.82, 2.24) is 19.9 Å². The van der Waals surface area contributed by atoms with Crippen LogP contribution in [0.15, 0.2) is 30.6 Å². The standard InChI is InChI=1S/C21H26F3N5/c22-21(23,24)18-14-19(27-20(26-18)16-7-9-25-10-8-16)29-13-5-6-17(15-29)28-11-3-1-2-4-12-28/h7-10,14,17H,1-6,11-13,15H2. The summed E-state index contributed by atoms with van der Waals surface area (Å²) in [4.78, 5) is 16.8.